The highest BCUT2D eigenvalue weighted by atomic mass is 15.0. The summed E-state index contributed by atoms with van der Waals surface area (Å²) in [7, 11) is 2.26. The fraction of sp³-hybridized carbons (Fsp3) is 1.00. The average molecular weight is 139 g/mol. The summed E-state index contributed by atoms with van der Waals surface area (Å²) in [5, 5.41) is 0. The van der Waals surface area contributed by atoms with Crippen LogP contribution in [0.5, 0.6) is 0 Å². The summed E-state index contributed by atoms with van der Waals surface area (Å²) < 4.78 is 0. The van der Waals surface area contributed by atoms with E-state index >= 15 is 0 Å². The van der Waals surface area contributed by atoms with Gasteiger partial charge in [0.15, 0.2) is 0 Å². The summed E-state index contributed by atoms with van der Waals surface area (Å²) in [6, 6.07) is 0. The van der Waals surface area contributed by atoms with Crippen LogP contribution in [0, 0.1) is 0 Å². The molecule has 2 heteroatoms. The Balaban J connectivity index is 2.14. The highest BCUT2D eigenvalue weighted by Gasteiger charge is 2.23. The maximum atomic E-state index is 2.51. The van der Waals surface area contributed by atoms with Gasteiger partial charge in [-0.05, 0) is 20.0 Å². The van der Waals surface area contributed by atoms with E-state index in [0.29, 0.717) is 0 Å². The van der Waals surface area contributed by atoms with Gasteiger partial charge in [0.1, 0.15) is 0 Å². The molecule has 1 saturated heterocycles. The zero-order chi connectivity index (χ0) is 7.40. The molecule has 0 radical (unpaired) electrons. The summed E-state index contributed by atoms with van der Waals surface area (Å²) in [5.74, 6) is 0. The second-order valence-electron chi connectivity index (χ2n) is 3.42. The predicted octanol–water partition coefficient (Wildman–Crippen LogP) is 2.11. The molecule has 1 fully saturated rings. The maximum absolute atomic E-state index is 2.51. The smallest absolute Gasteiger partial charge is 0.222 e. The van der Waals surface area contributed by atoms with Crippen molar-refractivity contribution in [3.63, 3.8) is 0 Å². The van der Waals surface area contributed by atoms with Crippen molar-refractivity contribution in [1.82, 2.24) is 4.81 Å². The van der Waals surface area contributed by atoms with Crippen molar-refractivity contribution in [2.75, 3.05) is 13.6 Å². The molecule has 0 saturated carbocycles. The first-order chi connectivity index (χ1) is 4.84. The van der Waals surface area contributed by atoms with E-state index < -0.39 is 0 Å². The van der Waals surface area contributed by atoms with Crippen LogP contribution < -0.4 is 0 Å². The first kappa shape index (κ1) is 8.12. The van der Waals surface area contributed by atoms with E-state index in [1.165, 1.54) is 38.4 Å². The lowest BCUT2D eigenvalue weighted by Gasteiger charge is -2.14. The van der Waals surface area contributed by atoms with Crippen molar-refractivity contribution in [3.05, 3.63) is 0 Å². The zero-order valence-electron chi connectivity index (χ0n) is 7.27. The Morgan fingerprint density at radius 1 is 1.50 bits per heavy atom. The third-order valence-corrected chi connectivity index (χ3v) is 2.56. The fourth-order valence-electron chi connectivity index (χ4n) is 1.78. The normalized spacial score (nSPS) is 20.4. The molecular formula is C8H18BN. The molecular weight excluding hydrogens is 121 g/mol. The molecule has 1 aliphatic rings. The van der Waals surface area contributed by atoms with Gasteiger partial charge in [-0.2, -0.15) is 0 Å². The molecule has 10 heavy (non-hydrogen) atoms. The summed E-state index contributed by atoms with van der Waals surface area (Å²) in [6.07, 6.45) is 7.05. The molecule has 0 atom stereocenters. The Morgan fingerprint density at radius 3 is 2.80 bits per heavy atom. The molecule has 0 aromatic carbocycles. The molecule has 0 N–H and O–H groups in total. The molecule has 0 unspecified atom stereocenters. The van der Waals surface area contributed by atoms with Crippen LogP contribution in [0.2, 0.25) is 12.6 Å². The van der Waals surface area contributed by atoms with Gasteiger partial charge in [-0.15, -0.1) is 0 Å². The van der Waals surface area contributed by atoms with Gasteiger partial charge in [-0.1, -0.05) is 32.4 Å². The van der Waals surface area contributed by atoms with Crippen LogP contribution in [0.15, 0.2) is 0 Å². The molecule has 0 spiro atoms. The van der Waals surface area contributed by atoms with Crippen LogP contribution in [-0.4, -0.2) is 25.3 Å². The second-order valence-corrected chi connectivity index (χ2v) is 3.42. The lowest BCUT2D eigenvalue weighted by molar-refractivity contribution is 0.559. The minimum Gasteiger partial charge on any atom is -0.345 e. The lowest BCUT2D eigenvalue weighted by Crippen LogP contribution is -2.28. The Morgan fingerprint density at radius 2 is 2.30 bits per heavy atom. The Bertz CT molecular complexity index is 95.3. The molecule has 58 valence electrons. The molecule has 0 aromatic heterocycles. The van der Waals surface area contributed by atoms with E-state index in [2.05, 4.69) is 18.8 Å². The van der Waals surface area contributed by atoms with E-state index in [9.17, 15) is 0 Å². The highest BCUT2D eigenvalue weighted by Crippen LogP contribution is 2.17. The zero-order valence-corrected chi connectivity index (χ0v) is 7.27. The van der Waals surface area contributed by atoms with Crippen molar-refractivity contribution in [2.45, 2.75) is 38.8 Å². The highest BCUT2D eigenvalue weighted by molar-refractivity contribution is 6.56. The third-order valence-electron chi connectivity index (χ3n) is 2.56. The average Bonchev–Trinajstić information content (AvgIpc) is 2.31. The largest absolute Gasteiger partial charge is 0.345 e. The summed E-state index contributed by atoms with van der Waals surface area (Å²) in [4.78, 5) is 2.51. The molecule has 0 bridgehead atoms. The number of rotatable bonds is 3. The van der Waals surface area contributed by atoms with Crippen molar-refractivity contribution in [3.8, 4) is 0 Å². The van der Waals surface area contributed by atoms with Gasteiger partial charge in [-0.25, -0.2) is 0 Å². The van der Waals surface area contributed by atoms with Gasteiger partial charge in [-0.3, -0.25) is 0 Å². The van der Waals surface area contributed by atoms with Crippen molar-refractivity contribution >= 4 is 6.85 Å². The molecule has 1 rings (SSSR count). The van der Waals surface area contributed by atoms with Crippen molar-refractivity contribution < 1.29 is 0 Å². The molecule has 0 amide bonds. The van der Waals surface area contributed by atoms with E-state index in [-0.39, 0.29) is 0 Å². The number of hydrogen-bond donors (Lipinski definition) is 0. The molecule has 1 aliphatic heterocycles. The van der Waals surface area contributed by atoms with Gasteiger partial charge in [0.25, 0.3) is 0 Å². The summed E-state index contributed by atoms with van der Waals surface area (Å²) >= 11 is 0. The monoisotopic (exact) mass is 139 g/mol. The first-order valence-electron chi connectivity index (χ1n) is 4.55. The topological polar surface area (TPSA) is 3.24 Å². The predicted molar refractivity (Wildman–Crippen MR) is 47.5 cm³/mol. The van der Waals surface area contributed by atoms with Gasteiger partial charge < -0.3 is 4.81 Å². The molecule has 1 heterocycles. The van der Waals surface area contributed by atoms with E-state index in [1.54, 1.807) is 0 Å². The molecule has 0 aromatic rings. The summed E-state index contributed by atoms with van der Waals surface area (Å²) in [6.45, 7) is 4.52. The number of nitrogens with zero attached hydrogens (tertiary/aromatic N) is 1. The minimum atomic E-state index is 0.917. The Hall–Kier alpha value is 0.0249. The maximum Gasteiger partial charge on any atom is 0.222 e. The van der Waals surface area contributed by atoms with Gasteiger partial charge in [0, 0.05) is 0 Å². The molecule has 0 aliphatic carbocycles. The Kier molecular flexibility index (Phi) is 3.27. The first-order valence-corrected chi connectivity index (χ1v) is 4.55. The van der Waals surface area contributed by atoms with Gasteiger partial charge in [0.2, 0.25) is 6.85 Å². The van der Waals surface area contributed by atoms with Crippen LogP contribution >= 0.6 is 0 Å². The molecule has 1 nitrogen and oxygen atoms in total. The standard InChI is InChI=1S/C8H18BN/c1-3-4-6-9-7-5-8-10(9)2/h3-8H2,1-2H3. The van der Waals surface area contributed by atoms with Crippen molar-refractivity contribution in [1.29, 1.82) is 0 Å². The summed E-state index contributed by atoms with van der Waals surface area (Å²) in [5.41, 5.74) is 0. The van der Waals surface area contributed by atoms with Crippen LogP contribution in [0.4, 0.5) is 0 Å². The minimum absolute atomic E-state index is 0.917. The van der Waals surface area contributed by atoms with E-state index in [1.807, 2.05) is 0 Å². The quantitative estimate of drug-likeness (QED) is 0.541. The van der Waals surface area contributed by atoms with Gasteiger partial charge >= 0.3 is 0 Å². The second kappa shape index (κ2) is 4.02. The lowest BCUT2D eigenvalue weighted by atomic mass is 9.56. The van der Waals surface area contributed by atoms with Crippen LogP contribution in [0.1, 0.15) is 26.2 Å². The van der Waals surface area contributed by atoms with Crippen LogP contribution in [0.25, 0.3) is 0 Å². The number of unbranched alkanes of at least 4 members (excludes halogenated alkanes) is 1. The van der Waals surface area contributed by atoms with E-state index in [0.717, 1.165) is 6.85 Å². The fourth-order valence-corrected chi connectivity index (χ4v) is 1.78. The van der Waals surface area contributed by atoms with Crippen LogP contribution in [0.3, 0.4) is 0 Å². The number of hydrogen-bond acceptors (Lipinski definition) is 1. The third kappa shape index (κ3) is 2.01. The van der Waals surface area contributed by atoms with Gasteiger partial charge in [0.05, 0.1) is 0 Å². The Labute approximate surface area is 64.9 Å². The van der Waals surface area contributed by atoms with Crippen molar-refractivity contribution in [2.24, 2.45) is 0 Å². The van der Waals surface area contributed by atoms with Crippen LogP contribution in [-0.2, 0) is 0 Å². The van der Waals surface area contributed by atoms with E-state index in [4.69, 9.17) is 0 Å². The SMILES string of the molecule is CCCCB1CCCN1C.